The van der Waals surface area contributed by atoms with Crippen molar-refractivity contribution >= 4 is 50.5 Å². The Hall–Kier alpha value is -7.57. The van der Waals surface area contributed by atoms with Crippen molar-refractivity contribution in [1.29, 1.82) is 0 Å². The SMILES string of the molecule is C1=CC2=[N+](c3ccc(-c4nc5ccccc5n4-c4ccccc4)cc3)c3ccccc3N(c3ccc(-c4nc5ccccc5n4-c4ccccc4)cc3)C2C=C1. The van der Waals surface area contributed by atoms with Crippen molar-refractivity contribution in [3.63, 3.8) is 0 Å². The minimum atomic E-state index is -0.0170. The van der Waals surface area contributed by atoms with E-state index < -0.39 is 0 Å². The smallest absolute Gasteiger partial charge is 0.235 e. The molecule has 6 nitrogen and oxygen atoms in total. The first-order valence-corrected chi connectivity index (χ1v) is 19.0. The molecular formula is C50H35N6+. The minimum absolute atomic E-state index is 0.0170. The molecule has 0 N–H and O–H groups in total. The molecule has 0 fully saturated rings. The number of para-hydroxylation sites is 8. The molecular weight excluding hydrogens is 685 g/mol. The van der Waals surface area contributed by atoms with E-state index in [4.69, 9.17) is 9.97 Å². The van der Waals surface area contributed by atoms with Gasteiger partial charge in [0.05, 0.1) is 22.1 Å². The highest BCUT2D eigenvalue weighted by Crippen LogP contribution is 2.43. The summed E-state index contributed by atoms with van der Waals surface area (Å²) in [4.78, 5) is 12.7. The molecule has 0 radical (unpaired) electrons. The fourth-order valence-corrected chi connectivity index (χ4v) is 8.33. The van der Waals surface area contributed by atoms with Crippen LogP contribution in [-0.2, 0) is 0 Å². The van der Waals surface area contributed by atoms with E-state index in [-0.39, 0.29) is 6.04 Å². The van der Waals surface area contributed by atoms with Gasteiger partial charge in [-0.15, -0.1) is 0 Å². The van der Waals surface area contributed by atoms with Crippen LogP contribution in [0, 0.1) is 0 Å². The Morgan fingerprint density at radius 1 is 0.446 bits per heavy atom. The average Bonchev–Trinajstić information content (AvgIpc) is 3.86. The fraction of sp³-hybridized carbons (Fsp3) is 0.0200. The standard InChI is InChI=1S/C50H35N6/c1-3-15-37(16-4-1)55-43-21-9-7-19-41(43)51-49(55)35-27-31-39(32-28-35)53-45-23-11-13-25-47(45)54(48-26-14-12-24-46(48)53)40-33-29-36(30-34-40)50-52-42-20-8-10-22-44(42)56(50)38-17-5-2-6-18-38/h1-34,45H/q+1. The first kappa shape index (κ1) is 31.9. The van der Waals surface area contributed by atoms with Crippen LogP contribution in [0.4, 0.5) is 22.7 Å². The van der Waals surface area contributed by atoms with E-state index in [0.29, 0.717) is 0 Å². The number of anilines is 2. The van der Waals surface area contributed by atoms with Gasteiger partial charge in [0.25, 0.3) is 0 Å². The third-order valence-corrected chi connectivity index (χ3v) is 10.8. The summed E-state index contributed by atoms with van der Waals surface area (Å²) >= 11 is 0. The van der Waals surface area contributed by atoms with Gasteiger partial charge in [0.2, 0.25) is 17.1 Å². The van der Waals surface area contributed by atoms with E-state index in [9.17, 15) is 0 Å². The summed E-state index contributed by atoms with van der Waals surface area (Å²) < 4.78 is 6.90. The lowest BCUT2D eigenvalue weighted by Crippen LogP contribution is -2.44. The summed E-state index contributed by atoms with van der Waals surface area (Å²) in [5.74, 6) is 1.84. The molecule has 0 bridgehead atoms. The fourth-order valence-electron chi connectivity index (χ4n) is 8.33. The van der Waals surface area contributed by atoms with Crippen LogP contribution >= 0.6 is 0 Å². The van der Waals surface area contributed by atoms with Crippen LogP contribution in [0.15, 0.2) is 206 Å². The van der Waals surface area contributed by atoms with Gasteiger partial charge in [0.1, 0.15) is 23.4 Å². The zero-order valence-electron chi connectivity index (χ0n) is 30.4. The predicted molar refractivity (Wildman–Crippen MR) is 230 cm³/mol. The third kappa shape index (κ3) is 5.15. The molecule has 6 heteroatoms. The van der Waals surface area contributed by atoms with Crippen LogP contribution in [0.3, 0.4) is 0 Å². The highest BCUT2D eigenvalue weighted by molar-refractivity contribution is 6.11. The van der Waals surface area contributed by atoms with Crippen LogP contribution in [0.2, 0.25) is 0 Å². The number of nitrogens with zero attached hydrogens (tertiary/aromatic N) is 6. The van der Waals surface area contributed by atoms with Crippen LogP contribution in [-0.4, -0.2) is 30.9 Å². The molecule has 7 aromatic carbocycles. The zero-order chi connectivity index (χ0) is 37.0. The molecule has 0 saturated heterocycles. The van der Waals surface area contributed by atoms with Gasteiger partial charge in [-0.3, -0.25) is 9.13 Å². The lowest BCUT2D eigenvalue weighted by atomic mass is 9.97. The number of hydrogen-bond acceptors (Lipinski definition) is 3. The Morgan fingerprint density at radius 3 is 1.57 bits per heavy atom. The molecule has 1 atom stereocenters. The second kappa shape index (κ2) is 13.1. The van der Waals surface area contributed by atoms with Gasteiger partial charge in [-0.05, 0) is 91.0 Å². The van der Waals surface area contributed by atoms with Crippen molar-refractivity contribution < 1.29 is 0 Å². The minimum Gasteiger partial charge on any atom is -0.319 e. The Bertz CT molecular complexity index is 3010. The quantitative estimate of drug-likeness (QED) is 0.161. The Labute approximate surface area is 324 Å². The van der Waals surface area contributed by atoms with Gasteiger partial charge in [0, 0.05) is 52.5 Å². The highest BCUT2D eigenvalue weighted by atomic mass is 15.2. The molecule has 0 spiro atoms. The summed E-state index contributed by atoms with van der Waals surface area (Å²) in [7, 11) is 0. The molecule has 56 heavy (non-hydrogen) atoms. The average molecular weight is 720 g/mol. The number of allylic oxidation sites excluding steroid dienone is 2. The second-order valence-electron chi connectivity index (χ2n) is 14.1. The van der Waals surface area contributed by atoms with Crippen LogP contribution in [0.1, 0.15) is 0 Å². The summed E-state index contributed by atoms with van der Waals surface area (Å²) in [6.07, 6.45) is 8.82. The van der Waals surface area contributed by atoms with Gasteiger partial charge in [-0.25, -0.2) is 9.97 Å². The van der Waals surface area contributed by atoms with E-state index in [1.807, 2.05) is 24.3 Å². The summed E-state index contributed by atoms with van der Waals surface area (Å²) in [5.41, 5.74) is 14.1. The van der Waals surface area contributed by atoms with Gasteiger partial charge in [-0.2, -0.15) is 4.58 Å². The number of imidazole rings is 2. The first-order valence-electron chi connectivity index (χ1n) is 19.0. The Kier molecular flexibility index (Phi) is 7.45. The number of rotatable bonds is 6. The van der Waals surface area contributed by atoms with Crippen molar-refractivity contribution in [2.24, 2.45) is 0 Å². The first-order chi connectivity index (χ1) is 27.8. The van der Waals surface area contributed by atoms with Gasteiger partial charge < -0.3 is 4.90 Å². The lowest BCUT2D eigenvalue weighted by Gasteiger charge is -2.35. The molecule has 1 aliphatic carbocycles. The molecule has 2 aliphatic rings. The Morgan fingerprint density at radius 2 is 0.964 bits per heavy atom. The molecule has 0 amide bonds. The Balaban J connectivity index is 0.991. The largest absolute Gasteiger partial charge is 0.319 e. The maximum atomic E-state index is 5.12. The van der Waals surface area contributed by atoms with E-state index in [1.54, 1.807) is 0 Å². The normalized spacial score (nSPS) is 14.7. The molecule has 264 valence electrons. The van der Waals surface area contributed by atoms with Gasteiger partial charge in [0.15, 0.2) is 0 Å². The van der Waals surface area contributed by atoms with Crippen LogP contribution in [0.25, 0.3) is 56.2 Å². The van der Waals surface area contributed by atoms with Gasteiger partial charge in [-0.1, -0.05) is 91.0 Å². The zero-order valence-corrected chi connectivity index (χ0v) is 30.4. The highest BCUT2D eigenvalue weighted by Gasteiger charge is 2.40. The molecule has 1 unspecified atom stereocenters. The van der Waals surface area contributed by atoms with Crippen LogP contribution < -0.4 is 9.48 Å². The van der Waals surface area contributed by atoms with Crippen molar-refractivity contribution in [2.75, 3.05) is 4.90 Å². The summed E-state index contributed by atoms with van der Waals surface area (Å²) in [6.45, 7) is 0. The maximum Gasteiger partial charge on any atom is 0.235 e. The van der Waals surface area contributed by atoms with Crippen molar-refractivity contribution in [2.45, 2.75) is 6.04 Å². The number of aromatic nitrogens is 4. The third-order valence-electron chi connectivity index (χ3n) is 10.8. The maximum absolute atomic E-state index is 5.12. The van der Waals surface area contributed by atoms with Crippen molar-refractivity contribution in [1.82, 2.24) is 23.7 Å². The molecule has 0 saturated carbocycles. The lowest BCUT2D eigenvalue weighted by molar-refractivity contribution is 0.897. The van der Waals surface area contributed by atoms with E-state index in [2.05, 4.69) is 201 Å². The molecule has 11 rings (SSSR count). The van der Waals surface area contributed by atoms with Crippen molar-refractivity contribution in [3.05, 3.63) is 206 Å². The van der Waals surface area contributed by atoms with E-state index >= 15 is 0 Å². The predicted octanol–water partition coefficient (Wildman–Crippen LogP) is 11.6. The van der Waals surface area contributed by atoms with Crippen molar-refractivity contribution in [3.8, 4) is 34.2 Å². The number of benzene rings is 7. The van der Waals surface area contributed by atoms with Gasteiger partial charge >= 0.3 is 0 Å². The number of hydrogen-bond donors (Lipinski definition) is 0. The summed E-state index contributed by atoms with van der Waals surface area (Å²) in [5, 5.41) is 0. The second-order valence-corrected chi connectivity index (χ2v) is 14.1. The molecule has 3 heterocycles. The number of fused-ring (bicyclic) bond motifs is 4. The van der Waals surface area contributed by atoms with Crippen LogP contribution in [0.5, 0.6) is 0 Å². The monoisotopic (exact) mass is 719 g/mol. The molecule has 2 aromatic heterocycles. The summed E-state index contributed by atoms with van der Waals surface area (Å²) in [6, 6.07) is 64.0. The van der Waals surface area contributed by atoms with E-state index in [1.165, 1.54) is 5.71 Å². The van der Waals surface area contributed by atoms with E-state index in [0.717, 1.165) is 79.0 Å². The topological polar surface area (TPSA) is 41.9 Å². The molecule has 9 aromatic rings. The molecule has 1 aliphatic heterocycles.